The summed E-state index contributed by atoms with van der Waals surface area (Å²) < 4.78 is 176. The van der Waals surface area contributed by atoms with Gasteiger partial charge < -0.3 is 9.74 Å². The van der Waals surface area contributed by atoms with E-state index >= 15 is 0 Å². The molecule has 0 saturated heterocycles. The minimum atomic E-state index is -5.60. The van der Waals surface area contributed by atoms with E-state index in [1.807, 2.05) is 0 Å². The lowest BCUT2D eigenvalue weighted by atomic mass is 9.84. The Morgan fingerprint density at radius 1 is 0.957 bits per heavy atom. The molecule has 2 amide bonds. The second kappa shape index (κ2) is 12.2. The fourth-order valence-electron chi connectivity index (χ4n) is 4.03. The van der Waals surface area contributed by atoms with Crippen molar-refractivity contribution in [2.24, 2.45) is 9.52 Å². The molecule has 0 aromatic heterocycles. The molecule has 2 unspecified atom stereocenters. The summed E-state index contributed by atoms with van der Waals surface area (Å²) in [5, 5.41) is 2.85. The minimum absolute atomic E-state index is 0.138. The second-order valence-corrected chi connectivity index (χ2v) is 12.6. The average molecular weight is 720 g/mol. The number of rotatable bonds is 6. The topological polar surface area (TPSA) is 88.4 Å². The van der Waals surface area contributed by atoms with E-state index in [9.17, 15) is 66.5 Å². The molecule has 3 rings (SSSR count). The molecule has 0 spiro atoms. The van der Waals surface area contributed by atoms with Crippen molar-refractivity contribution >= 4 is 44.5 Å². The van der Waals surface area contributed by atoms with E-state index in [1.54, 1.807) is 0 Å². The van der Waals surface area contributed by atoms with Gasteiger partial charge in [0.15, 0.2) is 0 Å². The normalized spacial score (nSPS) is 18.8. The van der Waals surface area contributed by atoms with Gasteiger partial charge in [-0.05, 0) is 30.3 Å². The lowest BCUT2D eigenvalue weighted by Crippen LogP contribution is -2.43. The maximum absolute atomic E-state index is 14.3. The molecule has 21 heteroatoms. The van der Waals surface area contributed by atoms with Gasteiger partial charge in [-0.25, -0.2) is 4.21 Å². The standard InChI is InChI=1S/C25H18ClF12N3O4S/c1-3-46(44,40-20(43)24(33,34)35)11-19(42)41(2)18-5-4-12(6-16(18)26)17-10-21(45-39-17,25(36,37)38)13-7-14(22(27,28)29)9-15(8-13)23(30,31)32/h4-9H,3,10-11H2,1-2H3. The molecule has 0 aliphatic carbocycles. The van der Waals surface area contributed by atoms with Gasteiger partial charge in [0, 0.05) is 30.3 Å². The van der Waals surface area contributed by atoms with Crippen LogP contribution in [0.2, 0.25) is 5.02 Å². The molecule has 0 saturated carbocycles. The number of nitrogens with zero attached hydrogens (tertiary/aromatic N) is 3. The van der Waals surface area contributed by atoms with Gasteiger partial charge >= 0.3 is 30.6 Å². The molecule has 0 bridgehead atoms. The number of benzene rings is 2. The Labute approximate surface area is 256 Å². The first-order valence-corrected chi connectivity index (χ1v) is 14.5. The van der Waals surface area contributed by atoms with Crippen LogP contribution >= 0.6 is 11.6 Å². The zero-order chi connectivity index (χ0) is 35.3. The van der Waals surface area contributed by atoms with E-state index < -0.39 is 97.2 Å². The van der Waals surface area contributed by atoms with E-state index in [2.05, 4.69) is 14.4 Å². The van der Waals surface area contributed by atoms with Gasteiger partial charge in [0.05, 0.1) is 37.3 Å². The first-order valence-electron chi connectivity index (χ1n) is 12.3. The maximum Gasteiger partial charge on any atom is 0.474 e. The summed E-state index contributed by atoms with van der Waals surface area (Å²) in [6.45, 7) is 1.11. The van der Waals surface area contributed by atoms with E-state index in [4.69, 9.17) is 11.6 Å². The highest BCUT2D eigenvalue weighted by Crippen LogP contribution is 2.51. The van der Waals surface area contributed by atoms with Crippen molar-refractivity contribution in [1.29, 1.82) is 0 Å². The molecule has 2 aromatic rings. The quantitative estimate of drug-likeness (QED) is 0.290. The highest BCUT2D eigenvalue weighted by molar-refractivity contribution is 7.94. The predicted octanol–water partition coefficient (Wildman–Crippen LogP) is 7.50. The number of alkyl halides is 12. The van der Waals surface area contributed by atoms with Crippen LogP contribution in [0.15, 0.2) is 45.9 Å². The zero-order valence-electron chi connectivity index (χ0n) is 22.9. The summed E-state index contributed by atoms with van der Waals surface area (Å²) in [6.07, 6.45) is -23.4. The molecule has 2 aromatic carbocycles. The lowest BCUT2D eigenvalue weighted by Gasteiger charge is -2.30. The van der Waals surface area contributed by atoms with Crippen LogP contribution in [0, 0.1) is 0 Å². The Hall–Kier alpha value is -3.55. The van der Waals surface area contributed by atoms with Crippen LogP contribution in [0.5, 0.6) is 0 Å². The molecule has 1 heterocycles. The largest absolute Gasteiger partial charge is 0.474 e. The number of carbonyl (C=O) groups excluding carboxylic acids is 2. The first kappa shape index (κ1) is 36.9. The van der Waals surface area contributed by atoms with Gasteiger partial charge in [0.25, 0.3) is 5.60 Å². The molecule has 0 N–H and O–H groups in total. The number of anilines is 1. The molecule has 1 aliphatic rings. The maximum atomic E-state index is 14.3. The Morgan fingerprint density at radius 3 is 1.93 bits per heavy atom. The van der Waals surface area contributed by atoms with Gasteiger partial charge in [-0.2, -0.15) is 57.0 Å². The van der Waals surface area contributed by atoms with Crippen molar-refractivity contribution in [3.63, 3.8) is 0 Å². The number of carbonyl (C=O) groups is 2. The molecular weight excluding hydrogens is 702 g/mol. The molecule has 7 nitrogen and oxygen atoms in total. The van der Waals surface area contributed by atoms with E-state index in [1.165, 1.54) is 0 Å². The Bertz CT molecular complexity index is 1660. The highest BCUT2D eigenvalue weighted by atomic mass is 35.5. The van der Waals surface area contributed by atoms with Gasteiger partial charge in [-0.1, -0.05) is 29.7 Å². The third kappa shape index (κ3) is 7.69. The van der Waals surface area contributed by atoms with Gasteiger partial charge in [-0.15, -0.1) is 0 Å². The number of oxime groups is 1. The molecule has 2 atom stereocenters. The van der Waals surface area contributed by atoms with Crippen LogP contribution < -0.4 is 4.90 Å². The fraction of sp³-hybridized carbons (Fsp3) is 0.400. The van der Waals surface area contributed by atoms with Crippen LogP contribution in [0.3, 0.4) is 0 Å². The monoisotopic (exact) mass is 719 g/mol. The summed E-state index contributed by atoms with van der Waals surface area (Å²) in [5.74, 6) is -5.60. The van der Waals surface area contributed by atoms with E-state index in [0.717, 1.165) is 32.2 Å². The third-order valence-corrected chi connectivity index (χ3v) is 8.95. The minimum Gasteiger partial charge on any atom is -0.374 e. The molecule has 46 heavy (non-hydrogen) atoms. The number of halogens is 13. The summed E-state index contributed by atoms with van der Waals surface area (Å²) in [6, 6.07) is 2.28. The number of amides is 2. The van der Waals surface area contributed by atoms with Gasteiger partial charge in [-0.3, -0.25) is 9.59 Å². The Kier molecular flexibility index (Phi) is 9.82. The molecular formula is C25H18ClF12N3O4S. The van der Waals surface area contributed by atoms with E-state index in [-0.39, 0.29) is 29.4 Å². The summed E-state index contributed by atoms with van der Waals surface area (Å²) in [4.78, 5) is 29.1. The number of hydrogen-bond donors (Lipinski definition) is 0. The average Bonchev–Trinajstić information content (AvgIpc) is 3.38. The second-order valence-electron chi connectivity index (χ2n) is 9.64. The smallest absolute Gasteiger partial charge is 0.374 e. The van der Waals surface area contributed by atoms with Crippen molar-refractivity contribution in [3.05, 3.63) is 63.7 Å². The lowest BCUT2D eigenvalue weighted by molar-refractivity contribution is -0.276. The molecule has 254 valence electrons. The van der Waals surface area contributed by atoms with Gasteiger partial charge in [0.2, 0.25) is 5.91 Å². The predicted molar refractivity (Wildman–Crippen MR) is 138 cm³/mol. The van der Waals surface area contributed by atoms with Gasteiger partial charge in [0.1, 0.15) is 5.75 Å². The van der Waals surface area contributed by atoms with Crippen LogP contribution in [0.1, 0.15) is 35.6 Å². The first-order chi connectivity index (χ1) is 20.7. The third-order valence-electron chi connectivity index (χ3n) is 6.55. The van der Waals surface area contributed by atoms with Crippen molar-refractivity contribution in [2.45, 2.75) is 43.7 Å². The summed E-state index contributed by atoms with van der Waals surface area (Å²) in [7, 11) is -3.01. The molecule has 1 aliphatic heterocycles. The van der Waals surface area contributed by atoms with Crippen LogP contribution in [-0.4, -0.2) is 52.6 Å². The SMILES string of the molecule is CCS(=O)(CC(=O)N(C)c1ccc(C2=NOC(c3cc(C(F)(F)F)cc(C(F)(F)F)c3)(C(F)(F)F)C2)cc1Cl)=NC(=O)C(F)(F)F. The Morgan fingerprint density at radius 2 is 1.50 bits per heavy atom. The summed E-state index contributed by atoms with van der Waals surface area (Å²) >= 11 is 6.16. The van der Waals surface area contributed by atoms with Crippen LogP contribution in [-0.2, 0) is 42.1 Å². The van der Waals surface area contributed by atoms with Crippen molar-refractivity contribution < 1.29 is 71.3 Å². The van der Waals surface area contributed by atoms with Crippen molar-refractivity contribution in [3.8, 4) is 0 Å². The highest BCUT2D eigenvalue weighted by Gasteiger charge is 2.63. The van der Waals surface area contributed by atoms with Crippen molar-refractivity contribution in [1.82, 2.24) is 0 Å². The summed E-state index contributed by atoms with van der Waals surface area (Å²) in [5.41, 5.74) is -10.5. The zero-order valence-corrected chi connectivity index (χ0v) is 24.5. The molecule has 0 fully saturated rings. The number of hydrogen-bond acceptors (Lipinski definition) is 5. The van der Waals surface area contributed by atoms with Crippen LogP contribution in [0.25, 0.3) is 0 Å². The van der Waals surface area contributed by atoms with Crippen molar-refractivity contribution in [2.75, 3.05) is 23.5 Å². The van der Waals surface area contributed by atoms with Crippen LogP contribution in [0.4, 0.5) is 58.4 Å². The molecule has 0 radical (unpaired) electrons. The Balaban J connectivity index is 1.97. The van der Waals surface area contributed by atoms with E-state index in [0.29, 0.717) is 4.90 Å². The fourth-order valence-corrected chi connectivity index (χ4v) is 5.72.